The zero-order chi connectivity index (χ0) is 17.7. The molecule has 3 atom stereocenters. The van der Waals surface area contributed by atoms with Crippen LogP contribution in [-0.4, -0.2) is 29.9 Å². The number of carbonyl (C=O) groups is 1. The van der Waals surface area contributed by atoms with Gasteiger partial charge in [0.15, 0.2) is 6.10 Å². The van der Waals surface area contributed by atoms with Crippen LogP contribution in [0.15, 0.2) is 24.3 Å². The van der Waals surface area contributed by atoms with E-state index < -0.39 is 12.3 Å². The summed E-state index contributed by atoms with van der Waals surface area (Å²) < 4.78 is 43.7. The number of amides is 1. The van der Waals surface area contributed by atoms with Gasteiger partial charge in [0, 0.05) is 24.3 Å². The molecule has 1 fully saturated rings. The second-order valence-electron chi connectivity index (χ2n) is 6.08. The van der Waals surface area contributed by atoms with Gasteiger partial charge in [0.1, 0.15) is 0 Å². The summed E-state index contributed by atoms with van der Waals surface area (Å²) in [4.78, 5) is 12.2. The molecule has 4 nitrogen and oxygen atoms in total. The fourth-order valence-corrected chi connectivity index (χ4v) is 2.92. The largest absolute Gasteiger partial charge is 0.418 e. The molecule has 1 heterocycles. The van der Waals surface area contributed by atoms with Gasteiger partial charge in [-0.25, -0.2) is 0 Å². The van der Waals surface area contributed by atoms with Crippen molar-refractivity contribution in [2.45, 2.75) is 51.0 Å². The van der Waals surface area contributed by atoms with Gasteiger partial charge in [0.2, 0.25) is 5.91 Å². The van der Waals surface area contributed by atoms with Gasteiger partial charge in [0.25, 0.3) is 0 Å². The van der Waals surface area contributed by atoms with Crippen molar-refractivity contribution in [3.63, 3.8) is 0 Å². The van der Waals surface area contributed by atoms with E-state index in [1.165, 1.54) is 18.2 Å². The summed E-state index contributed by atoms with van der Waals surface area (Å²) >= 11 is 0. The van der Waals surface area contributed by atoms with Crippen LogP contribution in [-0.2, 0) is 9.53 Å². The number of aliphatic hydroxyl groups excluding tert-OH is 1. The molecule has 0 bridgehead atoms. The van der Waals surface area contributed by atoms with E-state index in [1.807, 2.05) is 6.92 Å². The molecular formula is C17H22F3NO3. The summed E-state index contributed by atoms with van der Waals surface area (Å²) in [5.74, 6) is -0.193. The predicted octanol–water partition coefficient (Wildman–Crippen LogP) is 3.82. The number of carbonyl (C=O) groups excluding carboxylic acids is 1. The maximum Gasteiger partial charge on any atom is 0.418 e. The van der Waals surface area contributed by atoms with Gasteiger partial charge in [-0.05, 0) is 31.2 Å². The molecule has 2 rings (SSSR count). The molecule has 7 heteroatoms. The Labute approximate surface area is 139 Å². The van der Waals surface area contributed by atoms with Crippen LogP contribution in [0, 0.1) is 5.92 Å². The van der Waals surface area contributed by atoms with Gasteiger partial charge in [-0.2, -0.15) is 13.2 Å². The van der Waals surface area contributed by atoms with Crippen LogP contribution in [0.1, 0.15) is 44.3 Å². The number of para-hydroxylation sites is 1. The van der Waals surface area contributed by atoms with Crippen molar-refractivity contribution < 1.29 is 27.8 Å². The molecule has 134 valence electrons. The van der Waals surface area contributed by atoms with E-state index in [1.54, 1.807) is 0 Å². The number of aliphatic hydroxyl groups is 1. The third-order valence-corrected chi connectivity index (χ3v) is 4.24. The number of benzene rings is 1. The number of alkyl halides is 3. The zero-order valence-corrected chi connectivity index (χ0v) is 13.5. The van der Waals surface area contributed by atoms with Gasteiger partial charge in [0.05, 0.1) is 6.10 Å². The van der Waals surface area contributed by atoms with Crippen LogP contribution in [0.4, 0.5) is 18.9 Å². The molecule has 1 aliphatic heterocycles. The lowest BCUT2D eigenvalue weighted by Gasteiger charge is -2.28. The summed E-state index contributed by atoms with van der Waals surface area (Å²) in [5, 5.41) is 11.9. The smallest absolute Gasteiger partial charge is 0.379 e. The molecule has 1 aromatic carbocycles. The molecule has 1 amide bonds. The number of anilines is 1. The van der Waals surface area contributed by atoms with E-state index in [-0.39, 0.29) is 35.6 Å². The van der Waals surface area contributed by atoms with Crippen LogP contribution in [0.3, 0.4) is 0 Å². The maximum absolute atomic E-state index is 12.7. The highest BCUT2D eigenvalue weighted by atomic mass is 19.4. The Morgan fingerprint density at radius 3 is 2.79 bits per heavy atom. The van der Waals surface area contributed by atoms with Crippen molar-refractivity contribution in [1.82, 2.24) is 0 Å². The molecule has 1 aromatic rings. The summed E-state index contributed by atoms with van der Waals surface area (Å²) in [5.41, 5.74) is -0.358. The number of rotatable bonds is 5. The molecule has 3 unspecified atom stereocenters. The first-order chi connectivity index (χ1) is 11.3. The van der Waals surface area contributed by atoms with Crippen molar-refractivity contribution in [1.29, 1.82) is 0 Å². The topological polar surface area (TPSA) is 58.6 Å². The Balaban J connectivity index is 2.02. The van der Waals surface area contributed by atoms with E-state index in [0.717, 1.165) is 25.3 Å². The number of hydrogen-bond donors (Lipinski definition) is 2. The van der Waals surface area contributed by atoms with Gasteiger partial charge >= 0.3 is 6.18 Å². The second-order valence-corrected chi connectivity index (χ2v) is 6.08. The first-order valence-electron chi connectivity index (χ1n) is 8.06. The highest BCUT2D eigenvalue weighted by Gasteiger charge is 2.40. The van der Waals surface area contributed by atoms with Crippen LogP contribution in [0.2, 0.25) is 0 Å². The molecule has 1 saturated heterocycles. The minimum Gasteiger partial charge on any atom is -0.379 e. The first-order valence-corrected chi connectivity index (χ1v) is 8.06. The fourth-order valence-electron chi connectivity index (χ4n) is 2.92. The average molecular weight is 345 g/mol. The number of hydrogen-bond acceptors (Lipinski definition) is 3. The Hall–Kier alpha value is -1.60. The lowest BCUT2D eigenvalue weighted by Crippen LogP contribution is -2.28. The standard InChI is InChI=1S/C17H22F3NO3/c1-2-12-9-11(7-8-24-12)10-15(22)21-14-6-4-3-5-13(14)16(23)17(18,19)20/h3-6,11-12,16,23H,2,7-10H2,1H3,(H,21,22). The van der Waals surface area contributed by atoms with E-state index in [9.17, 15) is 23.1 Å². The summed E-state index contributed by atoms with van der Waals surface area (Å²) in [6.45, 7) is 2.61. The van der Waals surface area contributed by atoms with E-state index >= 15 is 0 Å². The van der Waals surface area contributed by atoms with Crippen LogP contribution in [0.25, 0.3) is 0 Å². The molecular weight excluding hydrogens is 323 g/mol. The fraction of sp³-hybridized carbons (Fsp3) is 0.588. The average Bonchev–Trinajstić information content (AvgIpc) is 2.54. The first kappa shape index (κ1) is 18.7. The summed E-state index contributed by atoms with van der Waals surface area (Å²) in [7, 11) is 0. The van der Waals surface area contributed by atoms with Gasteiger partial charge < -0.3 is 15.2 Å². The molecule has 0 saturated carbocycles. The van der Waals surface area contributed by atoms with Gasteiger partial charge in [-0.3, -0.25) is 4.79 Å². The zero-order valence-electron chi connectivity index (χ0n) is 13.5. The quantitative estimate of drug-likeness (QED) is 0.853. The molecule has 0 aromatic heterocycles. The maximum atomic E-state index is 12.7. The minimum absolute atomic E-state index is 0.00794. The summed E-state index contributed by atoms with van der Waals surface area (Å²) in [6, 6.07) is 5.43. The third-order valence-electron chi connectivity index (χ3n) is 4.24. The van der Waals surface area contributed by atoms with E-state index in [4.69, 9.17) is 4.74 Å². The number of ether oxygens (including phenoxy) is 1. The van der Waals surface area contributed by atoms with Gasteiger partial charge in [-0.15, -0.1) is 0 Å². The Bertz CT molecular complexity index is 562. The number of nitrogens with one attached hydrogen (secondary N) is 1. The van der Waals surface area contributed by atoms with Crippen LogP contribution < -0.4 is 5.32 Å². The summed E-state index contributed by atoms with van der Waals surface area (Å²) in [6.07, 6.45) is -4.63. The van der Waals surface area contributed by atoms with Crippen LogP contribution in [0.5, 0.6) is 0 Å². The highest BCUT2D eigenvalue weighted by molar-refractivity contribution is 5.91. The van der Waals surface area contributed by atoms with E-state index in [0.29, 0.717) is 6.61 Å². The van der Waals surface area contributed by atoms with Crippen molar-refractivity contribution in [2.75, 3.05) is 11.9 Å². The second kappa shape index (κ2) is 7.98. The van der Waals surface area contributed by atoms with Gasteiger partial charge in [-0.1, -0.05) is 25.1 Å². The van der Waals surface area contributed by atoms with Crippen molar-refractivity contribution >= 4 is 11.6 Å². The monoisotopic (exact) mass is 345 g/mol. The Morgan fingerprint density at radius 1 is 1.42 bits per heavy atom. The van der Waals surface area contributed by atoms with Crippen molar-refractivity contribution in [2.24, 2.45) is 5.92 Å². The van der Waals surface area contributed by atoms with E-state index in [2.05, 4.69) is 5.32 Å². The molecule has 0 spiro atoms. The minimum atomic E-state index is -4.78. The predicted molar refractivity (Wildman–Crippen MR) is 83.5 cm³/mol. The molecule has 0 aliphatic carbocycles. The Kier molecular flexibility index (Phi) is 6.23. The highest BCUT2D eigenvalue weighted by Crippen LogP contribution is 2.36. The van der Waals surface area contributed by atoms with Crippen LogP contribution >= 0.6 is 0 Å². The third kappa shape index (κ3) is 4.95. The molecule has 0 radical (unpaired) electrons. The normalized spacial score (nSPS) is 22.9. The lowest BCUT2D eigenvalue weighted by molar-refractivity contribution is -0.206. The number of halogens is 3. The molecule has 1 aliphatic rings. The van der Waals surface area contributed by atoms with Crippen molar-refractivity contribution in [3.8, 4) is 0 Å². The SMILES string of the molecule is CCC1CC(CC(=O)Nc2ccccc2C(O)C(F)(F)F)CCO1. The molecule has 2 N–H and O–H groups in total. The Morgan fingerprint density at radius 2 is 2.12 bits per heavy atom. The van der Waals surface area contributed by atoms with Crippen molar-refractivity contribution in [3.05, 3.63) is 29.8 Å². The molecule has 24 heavy (non-hydrogen) atoms. The lowest BCUT2D eigenvalue weighted by atomic mass is 9.91.